The number of hydrogen-bond acceptors (Lipinski definition) is 2. The molecular weight excluding hydrogens is 245 g/mol. The van der Waals surface area contributed by atoms with E-state index in [2.05, 4.69) is 25.1 Å². The highest BCUT2D eigenvalue weighted by Crippen LogP contribution is 2.24. The highest BCUT2D eigenvalue weighted by Gasteiger charge is 2.05. The van der Waals surface area contributed by atoms with Gasteiger partial charge in [0.2, 0.25) is 0 Å². The van der Waals surface area contributed by atoms with Crippen LogP contribution in [0.4, 0.5) is 10.1 Å². The molecule has 0 aliphatic carbocycles. The molecule has 0 aliphatic heterocycles. The lowest BCUT2D eigenvalue weighted by Crippen LogP contribution is -1.96. The second-order valence-corrected chi connectivity index (χ2v) is 5.28. The van der Waals surface area contributed by atoms with Gasteiger partial charge in [-0.2, -0.15) is 11.8 Å². The normalized spacial score (nSPS) is 10.6. The van der Waals surface area contributed by atoms with Crippen LogP contribution in [-0.2, 0) is 11.5 Å². The van der Waals surface area contributed by atoms with Gasteiger partial charge in [0.15, 0.2) is 0 Å². The van der Waals surface area contributed by atoms with Crippen LogP contribution in [0, 0.1) is 12.7 Å². The van der Waals surface area contributed by atoms with Gasteiger partial charge in [0.05, 0.1) is 0 Å². The van der Waals surface area contributed by atoms with E-state index in [0.29, 0.717) is 17.0 Å². The minimum absolute atomic E-state index is 0.216. The third kappa shape index (κ3) is 3.26. The van der Waals surface area contributed by atoms with Crippen molar-refractivity contribution < 1.29 is 4.39 Å². The van der Waals surface area contributed by atoms with Gasteiger partial charge in [-0.25, -0.2) is 4.39 Å². The molecule has 3 heteroatoms. The molecule has 0 aliphatic rings. The van der Waals surface area contributed by atoms with Gasteiger partial charge in [0, 0.05) is 22.8 Å². The number of hydrogen-bond donors (Lipinski definition) is 1. The standard InChI is InChI=1S/C15H16FNS/c1-11-4-2-5-12(8-11)9-18-10-13-14(16)6-3-7-15(13)17/h2-8H,9-10,17H2,1H3. The Balaban J connectivity index is 1.97. The third-order valence-corrected chi connectivity index (χ3v) is 3.78. The van der Waals surface area contributed by atoms with E-state index in [9.17, 15) is 4.39 Å². The number of benzene rings is 2. The van der Waals surface area contributed by atoms with Crippen molar-refractivity contribution in [1.82, 2.24) is 0 Å². The van der Waals surface area contributed by atoms with E-state index in [4.69, 9.17) is 5.73 Å². The summed E-state index contributed by atoms with van der Waals surface area (Å²) < 4.78 is 13.5. The molecule has 2 aromatic carbocycles. The van der Waals surface area contributed by atoms with Crippen molar-refractivity contribution in [3.63, 3.8) is 0 Å². The molecule has 0 spiro atoms. The lowest BCUT2D eigenvalue weighted by Gasteiger charge is -2.07. The maximum Gasteiger partial charge on any atom is 0.129 e. The monoisotopic (exact) mass is 261 g/mol. The fourth-order valence-corrected chi connectivity index (χ4v) is 2.83. The molecular formula is C15H16FNS. The van der Waals surface area contributed by atoms with Crippen molar-refractivity contribution in [2.45, 2.75) is 18.4 Å². The molecule has 0 saturated carbocycles. The first kappa shape index (κ1) is 13.0. The molecule has 18 heavy (non-hydrogen) atoms. The summed E-state index contributed by atoms with van der Waals surface area (Å²) in [5, 5.41) is 0. The van der Waals surface area contributed by atoms with Crippen LogP contribution in [-0.4, -0.2) is 0 Å². The maximum absolute atomic E-state index is 13.5. The van der Waals surface area contributed by atoms with Gasteiger partial charge in [-0.15, -0.1) is 0 Å². The second-order valence-electron chi connectivity index (χ2n) is 4.29. The predicted molar refractivity (Wildman–Crippen MR) is 77.0 cm³/mol. The lowest BCUT2D eigenvalue weighted by atomic mass is 10.2. The Kier molecular flexibility index (Phi) is 4.26. The quantitative estimate of drug-likeness (QED) is 0.837. The highest BCUT2D eigenvalue weighted by molar-refractivity contribution is 7.97. The lowest BCUT2D eigenvalue weighted by molar-refractivity contribution is 0.618. The zero-order valence-corrected chi connectivity index (χ0v) is 11.1. The second kappa shape index (κ2) is 5.91. The first-order valence-corrected chi connectivity index (χ1v) is 6.98. The van der Waals surface area contributed by atoms with Gasteiger partial charge in [-0.05, 0) is 24.6 Å². The van der Waals surface area contributed by atoms with E-state index >= 15 is 0 Å². The first-order chi connectivity index (χ1) is 8.66. The maximum atomic E-state index is 13.5. The predicted octanol–water partition coefficient (Wildman–Crippen LogP) is 4.15. The number of anilines is 1. The Morgan fingerprint density at radius 3 is 2.61 bits per heavy atom. The third-order valence-electron chi connectivity index (χ3n) is 2.75. The number of nitrogens with two attached hydrogens (primary N) is 1. The van der Waals surface area contributed by atoms with Crippen molar-refractivity contribution in [1.29, 1.82) is 0 Å². The van der Waals surface area contributed by atoms with Crippen LogP contribution < -0.4 is 5.73 Å². The van der Waals surface area contributed by atoms with E-state index in [1.807, 2.05) is 6.07 Å². The van der Waals surface area contributed by atoms with Crippen molar-refractivity contribution in [2.75, 3.05) is 5.73 Å². The summed E-state index contributed by atoms with van der Waals surface area (Å²) in [5.74, 6) is 1.26. The SMILES string of the molecule is Cc1cccc(CSCc2c(N)cccc2F)c1. The fourth-order valence-electron chi connectivity index (χ4n) is 1.80. The zero-order valence-electron chi connectivity index (χ0n) is 10.3. The van der Waals surface area contributed by atoms with E-state index in [0.717, 1.165) is 5.75 Å². The smallest absolute Gasteiger partial charge is 0.129 e. The van der Waals surface area contributed by atoms with Crippen LogP contribution in [0.1, 0.15) is 16.7 Å². The van der Waals surface area contributed by atoms with Gasteiger partial charge in [-0.3, -0.25) is 0 Å². The average Bonchev–Trinajstić information content (AvgIpc) is 2.33. The Bertz CT molecular complexity index is 520. The Labute approximate surface area is 111 Å². The zero-order chi connectivity index (χ0) is 13.0. The molecule has 94 valence electrons. The molecule has 0 unspecified atom stereocenters. The summed E-state index contributed by atoms with van der Waals surface area (Å²) in [4.78, 5) is 0. The average molecular weight is 261 g/mol. The van der Waals surface area contributed by atoms with Crippen LogP contribution in [0.25, 0.3) is 0 Å². The van der Waals surface area contributed by atoms with Crippen LogP contribution >= 0.6 is 11.8 Å². The Hall–Kier alpha value is -1.48. The van der Waals surface area contributed by atoms with E-state index in [1.54, 1.807) is 23.9 Å². The Morgan fingerprint density at radius 2 is 1.89 bits per heavy atom. The van der Waals surface area contributed by atoms with Crippen molar-refractivity contribution in [3.05, 3.63) is 65.0 Å². The molecule has 0 amide bonds. The molecule has 0 atom stereocenters. The van der Waals surface area contributed by atoms with Crippen molar-refractivity contribution in [2.24, 2.45) is 0 Å². The van der Waals surface area contributed by atoms with Gasteiger partial charge < -0.3 is 5.73 Å². The first-order valence-electron chi connectivity index (χ1n) is 5.83. The van der Waals surface area contributed by atoms with Crippen LogP contribution in [0.15, 0.2) is 42.5 Å². The molecule has 2 aromatic rings. The van der Waals surface area contributed by atoms with Crippen LogP contribution in [0.3, 0.4) is 0 Å². The molecule has 2 N–H and O–H groups in total. The number of rotatable bonds is 4. The summed E-state index contributed by atoms with van der Waals surface area (Å²) in [6.07, 6.45) is 0. The van der Waals surface area contributed by atoms with E-state index in [1.165, 1.54) is 17.2 Å². The molecule has 0 heterocycles. The molecule has 0 aromatic heterocycles. The number of nitrogen functional groups attached to an aromatic ring is 1. The van der Waals surface area contributed by atoms with Crippen LogP contribution in [0.5, 0.6) is 0 Å². The van der Waals surface area contributed by atoms with Gasteiger partial charge in [0.1, 0.15) is 5.82 Å². The molecule has 0 fully saturated rings. The summed E-state index contributed by atoms with van der Waals surface area (Å²) in [6.45, 7) is 2.07. The largest absolute Gasteiger partial charge is 0.398 e. The highest BCUT2D eigenvalue weighted by atomic mass is 32.2. The summed E-state index contributed by atoms with van der Waals surface area (Å²) in [6, 6.07) is 13.2. The molecule has 2 rings (SSSR count). The van der Waals surface area contributed by atoms with E-state index < -0.39 is 0 Å². The van der Waals surface area contributed by atoms with E-state index in [-0.39, 0.29) is 5.82 Å². The summed E-state index contributed by atoms with van der Waals surface area (Å²) in [5.41, 5.74) is 9.42. The fraction of sp³-hybridized carbons (Fsp3) is 0.200. The molecule has 0 radical (unpaired) electrons. The van der Waals surface area contributed by atoms with Gasteiger partial charge >= 0.3 is 0 Å². The number of halogens is 1. The Morgan fingerprint density at radius 1 is 1.11 bits per heavy atom. The minimum Gasteiger partial charge on any atom is -0.398 e. The summed E-state index contributed by atoms with van der Waals surface area (Å²) >= 11 is 1.68. The summed E-state index contributed by atoms with van der Waals surface area (Å²) in [7, 11) is 0. The number of aryl methyl sites for hydroxylation is 1. The van der Waals surface area contributed by atoms with Crippen molar-refractivity contribution >= 4 is 17.4 Å². The van der Waals surface area contributed by atoms with Crippen molar-refractivity contribution in [3.8, 4) is 0 Å². The van der Waals surface area contributed by atoms with Gasteiger partial charge in [0.25, 0.3) is 0 Å². The molecule has 0 saturated heterocycles. The van der Waals surface area contributed by atoms with Gasteiger partial charge in [-0.1, -0.05) is 35.9 Å². The topological polar surface area (TPSA) is 26.0 Å². The molecule has 0 bridgehead atoms. The molecule has 1 nitrogen and oxygen atoms in total. The minimum atomic E-state index is -0.216. The number of thioether (sulfide) groups is 1. The van der Waals surface area contributed by atoms with Crippen LogP contribution in [0.2, 0.25) is 0 Å².